The van der Waals surface area contributed by atoms with Crippen molar-refractivity contribution in [2.24, 2.45) is 0 Å². The van der Waals surface area contributed by atoms with Crippen molar-refractivity contribution in [3.05, 3.63) is 58.7 Å². The SMILES string of the molecule is CC(C)c1[c]ccc(-c2c(C(C)C)cccc2C(C)C)c1C(C)C. The van der Waals surface area contributed by atoms with Crippen molar-refractivity contribution in [3.8, 4) is 11.1 Å². The predicted molar refractivity (Wildman–Crippen MR) is 107 cm³/mol. The van der Waals surface area contributed by atoms with Crippen LogP contribution in [0.1, 0.15) is 101 Å². The van der Waals surface area contributed by atoms with Crippen LogP contribution in [0.5, 0.6) is 0 Å². The Morgan fingerprint density at radius 1 is 0.667 bits per heavy atom. The summed E-state index contributed by atoms with van der Waals surface area (Å²) in [7, 11) is 0. The Bertz CT molecular complexity index is 661. The fourth-order valence-corrected chi connectivity index (χ4v) is 3.71. The second-order valence-corrected chi connectivity index (χ2v) is 8.15. The van der Waals surface area contributed by atoms with Gasteiger partial charge in [-0.3, -0.25) is 0 Å². The van der Waals surface area contributed by atoms with Gasteiger partial charge in [0.2, 0.25) is 0 Å². The van der Waals surface area contributed by atoms with Gasteiger partial charge >= 0.3 is 0 Å². The van der Waals surface area contributed by atoms with Crippen molar-refractivity contribution in [2.45, 2.75) is 79.1 Å². The zero-order valence-corrected chi connectivity index (χ0v) is 16.7. The normalized spacial score (nSPS) is 12.0. The third-order valence-corrected chi connectivity index (χ3v) is 4.87. The fourth-order valence-electron chi connectivity index (χ4n) is 3.71. The molecule has 0 N–H and O–H groups in total. The molecule has 0 amide bonds. The molecule has 0 unspecified atom stereocenters. The minimum absolute atomic E-state index is 0.495. The maximum absolute atomic E-state index is 3.53. The van der Waals surface area contributed by atoms with Gasteiger partial charge in [0.15, 0.2) is 0 Å². The van der Waals surface area contributed by atoms with Crippen molar-refractivity contribution in [1.82, 2.24) is 0 Å². The molecule has 2 aromatic rings. The van der Waals surface area contributed by atoms with Gasteiger partial charge in [0.1, 0.15) is 0 Å². The Kier molecular flexibility index (Phi) is 5.91. The van der Waals surface area contributed by atoms with Gasteiger partial charge in [0.25, 0.3) is 0 Å². The summed E-state index contributed by atoms with van der Waals surface area (Å²) in [6.45, 7) is 18.4. The van der Waals surface area contributed by atoms with E-state index in [2.05, 4.69) is 91.8 Å². The summed E-state index contributed by atoms with van der Waals surface area (Å²) in [5.74, 6) is 2.03. The van der Waals surface area contributed by atoms with E-state index in [0.717, 1.165) is 0 Å². The zero-order chi connectivity index (χ0) is 18.0. The molecule has 0 aromatic heterocycles. The summed E-state index contributed by atoms with van der Waals surface area (Å²) in [4.78, 5) is 0. The minimum atomic E-state index is 0.495. The molecule has 0 aliphatic heterocycles. The lowest BCUT2D eigenvalue weighted by Crippen LogP contribution is -2.06. The van der Waals surface area contributed by atoms with Crippen LogP contribution in [0.15, 0.2) is 30.3 Å². The van der Waals surface area contributed by atoms with E-state index in [9.17, 15) is 0 Å². The molecule has 24 heavy (non-hydrogen) atoms. The van der Waals surface area contributed by atoms with E-state index < -0.39 is 0 Å². The summed E-state index contributed by atoms with van der Waals surface area (Å²) >= 11 is 0. The Balaban J connectivity index is 2.88. The molecule has 0 nitrogen and oxygen atoms in total. The highest BCUT2D eigenvalue weighted by Gasteiger charge is 2.21. The molecule has 0 spiro atoms. The van der Waals surface area contributed by atoms with Crippen molar-refractivity contribution >= 4 is 0 Å². The summed E-state index contributed by atoms with van der Waals surface area (Å²) in [6, 6.07) is 14.8. The van der Waals surface area contributed by atoms with Crippen molar-refractivity contribution in [2.75, 3.05) is 0 Å². The van der Waals surface area contributed by atoms with E-state index in [-0.39, 0.29) is 0 Å². The van der Waals surface area contributed by atoms with Crippen LogP contribution in [0.2, 0.25) is 0 Å². The first-order chi connectivity index (χ1) is 11.3. The molecule has 129 valence electrons. The summed E-state index contributed by atoms with van der Waals surface area (Å²) in [5, 5.41) is 0. The number of benzene rings is 2. The third-order valence-electron chi connectivity index (χ3n) is 4.87. The van der Waals surface area contributed by atoms with Crippen molar-refractivity contribution in [1.29, 1.82) is 0 Å². The number of hydrogen-bond donors (Lipinski definition) is 0. The molecule has 0 aliphatic rings. The van der Waals surface area contributed by atoms with E-state index in [1.54, 1.807) is 0 Å². The Morgan fingerprint density at radius 2 is 1.21 bits per heavy atom. The first-order valence-corrected chi connectivity index (χ1v) is 9.43. The highest BCUT2D eigenvalue weighted by Crippen LogP contribution is 2.41. The number of hydrogen-bond acceptors (Lipinski definition) is 0. The lowest BCUT2D eigenvalue weighted by molar-refractivity contribution is 0.787. The second-order valence-electron chi connectivity index (χ2n) is 8.15. The molecule has 0 atom stereocenters. The van der Waals surface area contributed by atoms with Gasteiger partial charge in [0.05, 0.1) is 0 Å². The molecular formula is C24H33. The predicted octanol–water partition coefficient (Wildman–Crippen LogP) is 7.65. The molecule has 1 radical (unpaired) electrons. The maximum Gasteiger partial charge on any atom is -0.0112 e. The summed E-state index contributed by atoms with van der Waals surface area (Å²) in [6.07, 6.45) is 0. The number of rotatable bonds is 5. The van der Waals surface area contributed by atoms with E-state index >= 15 is 0 Å². The van der Waals surface area contributed by atoms with Crippen LogP contribution in [0.25, 0.3) is 11.1 Å². The van der Waals surface area contributed by atoms with Gasteiger partial charge in [-0.25, -0.2) is 0 Å². The Morgan fingerprint density at radius 3 is 1.62 bits per heavy atom. The zero-order valence-electron chi connectivity index (χ0n) is 16.7. The van der Waals surface area contributed by atoms with Crippen molar-refractivity contribution in [3.63, 3.8) is 0 Å². The van der Waals surface area contributed by atoms with Crippen LogP contribution in [-0.2, 0) is 0 Å². The molecule has 0 bridgehead atoms. The smallest absolute Gasteiger partial charge is 0.0112 e. The molecule has 0 heteroatoms. The van der Waals surface area contributed by atoms with Crippen molar-refractivity contribution < 1.29 is 0 Å². The van der Waals surface area contributed by atoms with Gasteiger partial charge in [-0.05, 0) is 63.1 Å². The Labute approximate surface area is 149 Å². The fraction of sp³-hybridized carbons (Fsp3) is 0.500. The lowest BCUT2D eigenvalue weighted by Gasteiger charge is -2.25. The highest BCUT2D eigenvalue weighted by atomic mass is 14.3. The van der Waals surface area contributed by atoms with E-state index in [0.29, 0.717) is 23.7 Å². The lowest BCUT2D eigenvalue weighted by atomic mass is 9.79. The molecule has 0 saturated heterocycles. The van der Waals surface area contributed by atoms with E-state index in [4.69, 9.17) is 0 Å². The molecule has 0 fully saturated rings. The Hall–Kier alpha value is -1.56. The summed E-state index contributed by atoms with van der Waals surface area (Å²) < 4.78 is 0. The van der Waals surface area contributed by atoms with Crippen LogP contribution < -0.4 is 0 Å². The largest absolute Gasteiger partial charge is 0.0617 e. The molecule has 0 aliphatic carbocycles. The topological polar surface area (TPSA) is 0 Å². The van der Waals surface area contributed by atoms with Gasteiger partial charge in [-0.15, -0.1) is 0 Å². The van der Waals surface area contributed by atoms with E-state index in [1.165, 1.54) is 33.4 Å². The summed E-state index contributed by atoms with van der Waals surface area (Å²) in [5.41, 5.74) is 8.65. The molecule has 0 saturated carbocycles. The van der Waals surface area contributed by atoms with Crippen LogP contribution in [0.4, 0.5) is 0 Å². The second kappa shape index (κ2) is 7.55. The highest BCUT2D eigenvalue weighted by molar-refractivity contribution is 5.76. The third kappa shape index (κ3) is 3.58. The maximum atomic E-state index is 3.53. The van der Waals surface area contributed by atoms with E-state index in [1.807, 2.05) is 0 Å². The van der Waals surface area contributed by atoms with Gasteiger partial charge in [-0.2, -0.15) is 0 Å². The van der Waals surface area contributed by atoms with Crippen LogP contribution >= 0.6 is 0 Å². The first-order valence-electron chi connectivity index (χ1n) is 9.43. The minimum Gasteiger partial charge on any atom is -0.0617 e. The quantitative estimate of drug-likeness (QED) is 0.530. The average molecular weight is 322 g/mol. The van der Waals surface area contributed by atoms with Crippen LogP contribution in [0.3, 0.4) is 0 Å². The molecular weight excluding hydrogens is 288 g/mol. The van der Waals surface area contributed by atoms with Gasteiger partial charge in [-0.1, -0.05) is 85.7 Å². The molecule has 2 rings (SSSR count). The van der Waals surface area contributed by atoms with Crippen LogP contribution in [-0.4, -0.2) is 0 Å². The first kappa shape index (κ1) is 18.8. The molecule has 2 aromatic carbocycles. The molecule has 0 heterocycles. The standard InChI is InChI=1S/C24H33/c1-15(2)19-11-10-14-22(23(19)18(7)8)24-20(16(3)4)12-9-13-21(24)17(5)6/h9-10,12-18H,1-8H3. The van der Waals surface area contributed by atoms with Gasteiger partial charge in [0, 0.05) is 0 Å². The average Bonchev–Trinajstić information content (AvgIpc) is 2.52. The monoisotopic (exact) mass is 321 g/mol. The van der Waals surface area contributed by atoms with Gasteiger partial charge < -0.3 is 0 Å². The van der Waals surface area contributed by atoms with Crippen LogP contribution in [0, 0.1) is 6.07 Å².